The van der Waals surface area contributed by atoms with Gasteiger partial charge in [-0.3, -0.25) is 4.79 Å². The van der Waals surface area contributed by atoms with E-state index in [1.807, 2.05) is 13.8 Å². The number of nitrogens with one attached hydrogen (secondary N) is 2. The number of aryl methyl sites for hydroxylation is 1. The first-order valence-corrected chi connectivity index (χ1v) is 7.27. The second kappa shape index (κ2) is 6.35. The normalized spacial score (nSPS) is 22.1. The molecule has 1 aromatic heterocycles. The van der Waals surface area contributed by atoms with Crippen LogP contribution in [0, 0.1) is 12.8 Å². The number of nitrogens with zero attached hydrogens (tertiary/aromatic N) is 3. The second-order valence-electron chi connectivity index (χ2n) is 5.53. The number of aromatic nitrogens is 3. The predicted octanol–water partition coefficient (Wildman–Crippen LogP) is 1.94. The molecule has 0 aliphatic heterocycles. The van der Waals surface area contributed by atoms with Crippen LogP contribution in [-0.4, -0.2) is 33.2 Å². The van der Waals surface area contributed by atoms with E-state index < -0.39 is 0 Å². The lowest BCUT2D eigenvalue weighted by molar-refractivity contribution is -0.125. The van der Waals surface area contributed by atoms with Gasteiger partial charge in [-0.15, -0.1) is 10.2 Å². The van der Waals surface area contributed by atoms with Gasteiger partial charge in [0.25, 0.3) is 0 Å². The molecule has 6 nitrogen and oxygen atoms in total. The highest BCUT2D eigenvalue weighted by molar-refractivity contribution is 6.29. The van der Waals surface area contributed by atoms with E-state index in [2.05, 4.69) is 25.8 Å². The van der Waals surface area contributed by atoms with Crippen molar-refractivity contribution in [1.29, 1.82) is 0 Å². The van der Waals surface area contributed by atoms with Gasteiger partial charge in [-0.1, -0.05) is 11.6 Å². The number of amides is 1. The molecule has 1 heterocycles. The summed E-state index contributed by atoms with van der Waals surface area (Å²) in [5.74, 6) is 0.675. The van der Waals surface area contributed by atoms with Crippen LogP contribution in [0.5, 0.6) is 0 Å². The van der Waals surface area contributed by atoms with E-state index in [9.17, 15) is 4.79 Å². The largest absolute Gasteiger partial charge is 0.354 e. The van der Waals surface area contributed by atoms with E-state index in [0.717, 1.165) is 19.3 Å². The van der Waals surface area contributed by atoms with E-state index in [4.69, 9.17) is 11.6 Å². The van der Waals surface area contributed by atoms with Crippen LogP contribution in [0.3, 0.4) is 0 Å². The molecule has 1 aliphatic rings. The topological polar surface area (TPSA) is 79.8 Å². The Morgan fingerprint density at radius 2 is 2.10 bits per heavy atom. The van der Waals surface area contributed by atoms with E-state index in [-0.39, 0.29) is 23.9 Å². The molecule has 1 saturated carbocycles. The fourth-order valence-electron chi connectivity index (χ4n) is 2.39. The van der Waals surface area contributed by atoms with Gasteiger partial charge in [0.05, 0.1) is 5.69 Å². The van der Waals surface area contributed by atoms with E-state index in [0.29, 0.717) is 16.8 Å². The number of hydrogen-bond donors (Lipinski definition) is 2. The maximum Gasteiger partial charge on any atom is 0.243 e. The van der Waals surface area contributed by atoms with Gasteiger partial charge in [-0.2, -0.15) is 0 Å². The summed E-state index contributed by atoms with van der Waals surface area (Å²) in [4.78, 5) is 16.2. The summed E-state index contributed by atoms with van der Waals surface area (Å²) in [5.41, 5.74) is 0.649. The summed E-state index contributed by atoms with van der Waals surface area (Å²) in [6, 6.07) is 0.390. The molecule has 2 atom stereocenters. The summed E-state index contributed by atoms with van der Waals surface area (Å²) in [6.45, 7) is 5.73. The minimum absolute atomic E-state index is 0.0660. The average Bonchev–Trinajstić information content (AvgIpc) is 2.82. The van der Waals surface area contributed by atoms with Gasteiger partial charge in [-0.05, 0) is 40.0 Å². The van der Waals surface area contributed by atoms with Crippen LogP contribution in [0.2, 0.25) is 5.15 Å². The highest BCUT2D eigenvalue weighted by atomic mass is 35.5. The molecule has 0 bridgehead atoms. The Balaban J connectivity index is 1.89. The highest BCUT2D eigenvalue weighted by Gasteiger charge is 2.30. The molecule has 20 heavy (non-hydrogen) atoms. The lowest BCUT2D eigenvalue weighted by Crippen LogP contribution is -2.35. The Labute approximate surface area is 123 Å². The molecule has 0 aromatic carbocycles. The number of halogens is 1. The van der Waals surface area contributed by atoms with Crippen LogP contribution in [-0.2, 0) is 4.79 Å². The van der Waals surface area contributed by atoms with E-state index in [1.165, 1.54) is 0 Å². The standard InChI is InChI=1S/C13H20ClN5O/c1-7(2)15-12(20)9-4-5-10(6-9)17-13-16-8(3)11(14)18-19-13/h7,9-10H,4-6H2,1-3H3,(H,15,20)(H,16,17,19). The molecule has 2 rings (SSSR count). The monoisotopic (exact) mass is 297 g/mol. The summed E-state index contributed by atoms with van der Waals surface area (Å²) < 4.78 is 0. The lowest BCUT2D eigenvalue weighted by Gasteiger charge is -2.15. The molecule has 1 amide bonds. The number of anilines is 1. The van der Waals surface area contributed by atoms with Crippen molar-refractivity contribution >= 4 is 23.5 Å². The van der Waals surface area contributed by atoms with Crippen LogP contribution in [0.15, 0.2) is 0 Å². The van der Waals surface area contributed by atoms with Gasteiger partial charge in [0.2, 0.25) is 11.9 Å². The summed E-state index contributed by atoms with van der Waals surface area (Å²) >= 11 is 5.79. The van der Waals surface area contributed by atoms with Crippen molar-refractivity contribution in [2.45, 2.75) is 52.1 Å². The zero-order valence-corrected chi connectivity index (χ0v) is 12.7. The maximum atomic E-state index is 12.0. The van der Waals surface area contributed by atoms with Crippen LogP contribution in [0.25, 0.3) is 0 Å². The van der Waals surface area contributed by atoms with E-state index in [1.54, 1.807) is 6.92 Å². The van der Waals surface area contributed by atoms with Crippen molar-refractivity contribution in [3.8, 4) is 0 Å². The minimum Gasteiger partial charge on any atom is -0.354 e. The molecule has 1 aromatic rings. The SMILES string of the molecule is Cc1nc(NC2CCC(C(=O)NC(C)C)C2)nnc1Cl. The first-order chi connectivity index (χ1) is 9.45. The Morgan fingerprint density at radius 1 is 1.35 bits per heavy atom. The van der Waals surface area contributed by atoms with Gasteiger partial charge < -0.3 is 10.6 Å². The van der Waals surface area contributed by atoms with Crippen LogP contribution in [0.1, 0.15) is 38.8 Å². The van der Waals surface area contributed by atoms with Gasteiger partial charge in [0.1, 0.15) is 0 Å². The Morgan fingerprint density at radius 3 is 2.75 bits per heavy atom. The van der Waals surface area contributed by atoms with Crippen LogP contribution >= 0.6 is 11.6 Å². The first kappa shape index (κ1) is 15.0. The fourth-order valence-corrected chi connectivity index (χ4v) is 2.47. The number of carbonyl (C=O) groups excluding carboxylic acids is 1. The van der Waals surface area contributed by atoms with Gasteiger partial charge in [0, 0.05) is 18.0 Å². The van der Waals surface area contributed by atoms with E-state index >= 15 is 0 Å². The van der Waals surface area contributed by atoms with Crippen molar-refractivity contribution in [3.05, 3.63) is 10.8 Å². The third-order valence-corrected chi connectivity index (χ3v) is 3.72. The molecule has 2 unspecified atom stereocenters. The van der Waals surface area contributed by atoms with Gasteiger partial charge >= 0.3 is 0 Å². The second-order valence-corrected chi connectivity index (χ2v) is 5.88. The Kier molecular flexibility index (Phi) is 4.75. The molecule has 1 aliphatic carbocycles. The van der Waals surface area contributed by atoms with Crippen molar-refractivity contribution in [1.82, 2.24) is 20.5 Å². The van der Waals surface area contributed by atoms with Gasteiger partial charge in [0.15, 0.2) is 5.15 Å². The van der Waals surface area contributed by atoms with Crippen LogP contribution in [0.4, 0.5) is 5.95 Å². The fraction of sp³-hybridized carbons (Fsp3) is 0.692. The third-order valence-electron chi connectivity index (χ3n) is 3.37. The van der Waals surface area contributed by atoms with Crippen molar-refractivity contribution in [2.24, 2.45) is 5.92 Å². The zero-order valence-electron chi connectivity index (χ0n) is 12.0. The molecule has 110 valence electrons. The lowest BCUT2D eigenvalue weighted by atomic mass is 10.1. The average molecular weight is 298 g/mol. The van der Waals surface area contributed by atoms with Crippen molar-refractivity contribution < 1.29 is 4.79 Å². The highest BCUT2D eigenvalue weighted by Crippen LogP contribution is 2.27. The number of carbonyl (C=O) groups is 1. The molecule has 7 heteroatoms. The minimum atomic E-state index is 0.0660. The smallest absolute Gasteiger partial charge is 0.243 e. The number of rotatable bonds is 4. The maximum absolute atomic E-state index is 12.0. The molecular weight excluding hydrogens is 278 g/mol. The molecule has 0 saturated heterocycles. The third kappa shape index (κ3) is 3.79. The van der Waals surface area contributed by atoms with Crippen LogP contribution < -0.4 is 10.6 Å². The van der Waals surface area contributed by atoms with Crippen molar-refractivity contribution in [2.75, 3.05) is 5.32 Å². The summed E-state index contributed by atoms with van der Waals surface area (Å²) in [6.07, 6.45) is 2.61. The van der Waals surface area contributed by atoms with Crippen molar-refractivity contribution in [3.63, 3.8) is 0 Å². The molecule has 0 radical (unpaired) electrons. The predicted molar refractivity (Wildman–Crippen MR) is 77.6 cm³/mol. The molecular formula is C13H20ClN5O. The zero-order chi connectivity index (χ0) is 14.7. The Bertz CT molecular complexity index is 494. The molecule has 1 fully saturated rings. The van der Waals surface area contributed by atoms with Gasteiger partial charge in [-0.25, -0.2) is 4.98 Å². The number of hydrogen-bond acceptors (Lipinski definition) is 5. The Hall–Kier alpha value is -1.43. The quantitative estimate of drug-likeness (QED) is 0.888. The summed E-state index contributed by atoms with van der Waals surface area (Å²) in [7, 11) is 0. The molecule has 0 spiro atoms. The first-order valence-electron chi connectivity index (χ1n) is 6.89. The summed E-state index contributed by atoms with van der Waals surface area (Å²) in [5, 5.41) is 14.2. The molecule has 2 N–H and O–H groups in total.